The Morgan fingerprint density at radius 2 is 2.25 bits per heavy atom. The standard InChI is InChI=1S/C7H12N2O2S/c1-3-8-4-7-9-6(2)5-12(7,10)11/h5,8H,3-4H2,1-2H3. The summed E-state index contributed by atoms with van der Waals surface area (Å²) in [5.41, 5.74) is 0.558. The van der Waals surface area contributed by atoms with Crippen LogP contribution in [0.25, 0.3) is 0 Å². The lowest BCUT2D eigenvalue weighted by Crippen LogP contribution is -2.26. The van der Waals surface area contributed by atoms with E-state index in [1.54, 1.807) is 6.92 Å². The molecule has 0 atom stereocenters. The minimum Gasteiger partial charge on any atom is -0.311 e. The summed E-state index contributed by atoms with van der Waals surface area (Å²) >= 11 is 0. The van der Waals surface area contributed by atoms with Crippen LogP contribution in [-0.4, -0.2) is 26.6 Å². The Morgan fingerprint density at radius 3 is 2.67 bits per heavy atom. The average molecular weight is 188 g/mol. The zero-order chi connectivity index (χ0) is 9.19. The van der Waals surface area contributed by atoms with Gasteiger partial charge < -0.3 is 5.32 Å². The second kappa shape index (κ2) is 3.37. The molecule has 0 aromatic heterocycles. The number of hydrogen-bond donors (Lipinski definition) is 1. The van der Waals surface area contributed by atoms with Crippen molar-refractivity contribution >= 4 is 14.9 Å². The summed E-state index contributed by atoms with van der Waals surface area (Å²) in [5, 5.41) is 4.34. The fraction of sp³-hybridized carbons (Fsp3) is 0.571. The van der Waals surface area contributed by atoms with Gasteiger partial charge in [-0.2, -0.15) is 0 Å². The van der Waals surface area contributed by atoms with Gasteiger partial charge in [-0.25, -0.2) is 13.4 Å². The van der Waals surface area contributed by atoms with Crippen molar-refractivity contribution in [2.75, 3.05) is 13.1 Å². The van der Waals surface area contributed by atoms with Gasteiger partial charge >= 0.3 is 0 Å². The molecule has 0 spiro atoms. The first-order valence-corrected chi connectivity index (χ1v) is 5.32. The van der Waals surface area contributed by atoms with Crippen molar-refractivity contribution in [3.63, 3.8) is 0 Å². The second-order valence-corrected chi connectivity index (χ2v) is 4.39. The summed E-state index contributed by atoms with van der Waals surface area (Å²) in [6.07, 6.45) is 0. The zero-order valence-electron chi connectivity index (χ0n) is 7.16. The summed E-state index contributed by atoms with van der Waals surface area (Å²) < 4.78 is 22.5. The molecule has 1 N–H and O–H groups in total. The molecule has 1 aliphatic heterocycles. The summed E-state index contributed by atoms with van der Waals surface area (Å²) in [7, 11) is -3.18. The average Bonchev–Trinajstić information content (AvgIpc) is 2.20. The van der Waals surface area contributed by atoms with Crippen molar-refractivity contribution < 1.29 is 8.42 Å². The number of rotatable bonds is 3. The molecule has 0 bridgehead atoms. The predicted octanol–water partition coefficient (Wildman–Crippen LogP) is 0.284. The Kier molecular flexibility index (Phi) is 2.64. The molecule has 4 nitrogen and oxygen atoms in total. The van der Waals surface area contributed by atoms with E-state index in [0.717, 1.165) is 6.54 Å². The maximum Gasteiger partial charge on any atom is 0.216 e. The number of nitrogens with zero attached hydrogens (tertiary/aromatic N) is 1. The lowest BCUT2D eigenvalue weighted by Gasteiger charge is -1.99. The van der Waals surface area contributed by atoms with Crippen LogP contribution in [0.5, 0.6) is 0 Å². The normalized spacial score (nSPS) is 20.5. The van der Waals surface area contributed by atoms with Gasteiger partial charge in [-0.15, -0.1) is 0 Å². The first kappa shape index (κ1) is 9.41. The van der Waals surface area contributed by atoms with E-state index in [1.165, 1.54) is 5.41 Å². The van der Waals surface area contributed by atoms with Crippen LogP contribution >= 0.6 is 0 Å². The molecule has 0 saturated carbocycles. The number of aliphatic imine (C=N–C) groups is 1. The van der Waals surface area contributed by atoms with Gasteiger partial charge in [-0.1, -0.05) is 6.92 Å². The van der Waals surface area contributed by atoms with E-state index in [2.05, 4.69) is 10.3 Å². The van der Waals surface area contributed by atoms with Crippen LogP contribution in [0.15, 0.2) is 16.1 Å². The first-order chi connectivity index (χ1) is 5.56. The van der Waals surface area contributed by atoms with Gasteiger partial charge in [0.25, 0.3) is 0 Å². The molecule has 0 aromatic carbocycles. The molecule has 0 unspecified atom stereocenters. The monoisotopic (exact) mass is 188 g/mol. The van der Waals surface area contributed by atoms with Crippen molar-refractivity contribution in [1.29, 1.82) is 0 Å². The van der Waals surface area contributed by atoms with E-state index >= 15 is 0 Å². The molecule has 1 rings (SSSR count). The number of sulfone groups is 1. The Labute approximate surface area is 72.3 Å². The van der Waals surface area contributed by atoms with Crippen molar-refractivity contribution in [3.8, 4) is 0 Å². The summed E-state index contributed by atoms with van der Waals surface area (Å²) in [6, 6.07) is 0. The molecule has 1 aliphatic rings. The molecule has 0 saturated heterocycles. The minimum absolute atomic E-state index is 0.224. The Morgan fingerprint density at radius 1 is 1.58 bits per heavy atom. The van der Waals surface area contributed by atoms with Crippen molar-refractivity contribution in [2.24, 2.45) is 4.99 Å². The molecule has 0 aromatic rings. The quantitative estimate of drug-likeness (QED) is 0.692. The highest BCUT2D eigenvalue weighted by molar-refractivity contribution is 8.09. The Balaban J connectivity index is 2.76. The molecule has 0 fully saturated rings. The van der Waals surface area contributed by atoms with E-state index in [4.69, 9.17) is 0 Å². The van der Waals surface area contributed by atoms with Crippen LogP contribution in [0.3, 0.4) is 0 Å². The smallest absolute Gasteiger partial charge is 0.216 e. The SMILES string of the molecule is CCNCC1=NC(C)=CS1(=O)=O. The van der Waals surface area contributed by atoms with Gasteiger partial charge in [0.05, 0.1) is 11.1 Å². The van der Waals surface area contributed by atoms with Gasteiger partial charge in [0.1, 0.15) is 0 Å². The van der Waals surface area contributed by atoms with Crippen molar-refractivity contribution in [2.45, 2.75) is 13.8 Å². The van der Waals surface area contributed by atoms with E-state index < -0.39 is 9.84 Å². The van der Waals surface area contributed by atoms with Gasteiger partial charge in [0.15, 0.2) is 5.04 Å². The molecule has 1 heterocycles. The minimum atomic E-state index is -3.18. The summed E-state index contributed by atoms with van der Waals surface area (Å²) in [5.74, 6) is 0. The van der Waals surface area contributed by atoms with Crippen LogP contribution in [-0.2, 0) is 9.84 Å². The van der Waals surface area contributed by atoms with Crippen LogP contribution < -0.4 is 5.32 Å². The zero-order valence-corrected chi connectivity index (χ0v) is 7.98. The summed E-state index contributed by atoms with van der Waals surface area (Å²) in [4.78, 5) is 3.91. The highest BCUT2D eigenvalue weighted by Gasteiger charge is 2.21. The number of hydrogen-bond acceptors (Lipinski definition) is 4. The third kappa shape index (κ3) is 1.92. The van der Waals surface area contributed by atoms with E-state index in [9.17, 15) is 8.42 Å². The Hall–Kier alpha value is -0.680. The third-order valence-corrected chi connectivity index (χ3v) is 3.03. The predicted molar refractivity (Wildman–Crippen MR) is 48.7 cm³/mol. The molecule has 0 aliphatic carbocycles. The van der Waals surface area contributed by atoms with Crippen molar-refractivity contribution in [1.82, 2.24) is 5.32 Å². The Bertz CT molecular complexity index is 327. The van der Waals surface area contributed by atoms with E-state index in [0.29, 0.717) is 12.2 Å². The molecule has 12 heavy (non-hydrogen) atoms. The van der Waals surface area contributed by atoms with Crippen LogP contribution in [0.4, 0.5) is 0 Å². The van der Waals surface area contributed by atoms with Gasteiger partial charge in [0.2, 0.25) is 9.84 Å². The highest BCUT2D eigenvalue weighted by Crippen LogP contribution is 2.12. The number of allylic oxidation sites excluding steroid dienone is 1. The molecular formula is C7H12N2O2S. The first-order valence-electron chi connectivity index (χ1n) is 3.78. The van der Waals surface area contributed by atoms with Crippen LogP contribution in [0, 0.1) is 0 Å². The van der Waals surface area contributed by atoms with Gasteiger partial charge in [0, 0.05) is 6.54 Å². The largest absolute Gasteiger partial charge is 0.311 e. The lowest BCUT2D eigenvalue weighted by atomic mass is 10.6. The maximum absolute atomic E-state index is 11.2. The fourth-order valence-electron chi connectivity index (χ4n) is 0.951. The molecular weight excluding hydrogens is 176 g/mol. The van der Waals surface area contributed by atoms with Crippen molar-refractivity contribution in [3.05, 3.63) is 11.1 Å². The second-order valence-electron chi connectivity index (χ2n) is 2.59. The maximum atomic E-state index is 11.2. The molecule has 0 radical (unpaired) electrons. The summed E-state index contributed by atoms with van der Waals surface area (Å²) in [6.45, 7) is 4.67. The van der Waals surface area contributed by atoms with Gasteiger partial charge in [-0.05, 0) is 13.5 Å². The molecule has 0 amide bonds. The van der Waals surface area contributed by atoms with E-state index in [-0.39, 0.29) is 5.04 Å². The van der Waals surface area contributed by atoms with Crippen LogP contribution in [0.1, 0.15) is 13.8 Å². The third-order valence-electron chi connectivity index (χ3n) is 1.48. The fourth-order valence-corrected chi connectivity index (χ4v) is 2.16. The van der Waals surface area contributed by atoms with Crippen LogP contribution in [0.2, 0.25) is 0 Å². The molecule has 68 valence electrons. The topological polar surface area (TPSA) is 58.5 Å². The highest BCUT2D eigenvalue weighted by atomic mass is 32.2. The molecule has 5 heteroatoms. The van der Waals surface area contributed by atoms with E-state index in [1.807, 2.05) is 6.92 Å². The lowest BCUT2D eigenvalue weighted by molar-refractivity contribution is 0.614. The van der Waals surface area contributed by atoms with Gasteiger partial charge in [-0.3, -0.25) is 0 Å². The number of nitrogens with one attached hydrogen (secondary N) is 1.